The van der Waals surface area contributed by atoms with Gasteiger partial charge in [-0.2, -0.15) is 0 Å². The number of ether oxygens (including phenoxy) is 3. The van der Waals surface area contributed by atoms with E-state index in [2.05, 4.69) is 20.8 Å². The molecule has 0 unspecified atom stereocenters. The Morgan fingerprint density at radius 2 is 2.00 bits per heavy atom. The second-order valence-corrected chi connectivity index (χ2v) is 7.91. The average Bonchev–Trinajstić information content (AvgIpc) is 3.25. The number of rotatable bonds is 2. The van der Waals surface area contributed by atoms with Crippen molar-refractivity contribution in [3.05, 3.63) is 0 Å². The number of esters is 1. The van der Waals surface area contributed by atoms with E-state index >= 15 is 0 Å². The maximum atomic E-state index is 11.6. The van der Waals surface area contributed by atoms with E-state index < -0.39 is 11.7 Å². The molecule has 1 N–H and O–H groups in total. The van der Waals surface area contributed by atoms with Gasteiger partial charge in [-0.05, 0) is 32.6 Å². The van der Waals surface area contributed by atoms with Gasteiger partial charge in [-0.15, -0.1) is 0 Å². The van der Waals surface area contributed by atoms with Gasteiger partial charge in [0.1, 0.15) is 17.8 Å². The summed E-state index contributed by atoms with van der Waals surface area (Å²) in [7, 11) is 0. The van der Waals surface area contributed by atoms with Crippen LogP contribution in [-0.4, -0.2) is 46.7 Å². The van der Waals surface area contributed by atoms with Crippen LogP contribution in [0.1, 0.15) is 53.9 Å². The number of aliphatic hydroxyl groups is 1. The van der Waals surface area contributed by atoms with Gasteiger partial charge in [0.2, 0.25) is 0 Å². The van der Waals surface area contributed by atoms with E-state index in [4.69, 9.17) is 14.2 Å². The molecule has 2 aliphatic heterocycles. The summed E-state index contributed by atoms with van der Waals surface area (Å²) in [5, 5.41) is 10.5. The lowest BCUT2D eigenvalue weighted by Gasteiger charge is -2.31. The number of hydrogen-bond acceptors (Lipinski definition) is 5. The van der Waals surface area contributed by atoms with E-state index in [-0.39, 0.29) is 35.8 Å². The minimum absolute atomic E-state index is 0.113. The molecule has 3 aliphatic rings. The summed E-state index contributed by atoms with van der Waals surface area (Å²) in [5.74, 6) is 0.296. The van der Waals surface area contributed by atoms with Gasteiger partial charge in [-0.25, -0.2) is 0 Å². The number of fused-ring (bicyclic) bond motifs is 2. The van der Waals surface area contributed by atoms with E-state index in [0.29, 0.717) is 12.3 Å². The summed E-state index contributed by atoms with van der Waals surface area (Å²) < 4.78 is 17.3. The van der Waals surface area contributed by atoms with Crippen molar-refractivity contribution in [2.75, 3.05) is 0 Å². The molecular formula is C17H28O5. The van der Waals surface area contributed by atoms with Crippen molar-refractivity contribution in [3.8, 4) is 0 Å². The average molecular weight is 312 g/mol. The first-order valence-electron chi connectivity index (χ1n) is 8.38. The molecule has 0 aromatic heterocycles. The maximum absolute atomic E-state index is 11.6. The summed E-state index contributed by atoms with van der Waals surface area (Å²) in [6.45, 7) is 9.76. The molecule has 2 heterocycles. The Morgan fingerprint density at radius 3 is 2.59 bits per heavy atom. The van der Waals surface area contributed by atoms with Crippen molar-refractivity contribution in [2.24, 2.45) is 11.8 Å². The van der Waals surface area contributed by atoms with Crippen molar-refractivity contribution in [1.82, 2.24) is 0 Å². The van der Waals surface area contributed by atoms with E-state index in [0.717, 1.165) is 12.8 Å². The molecule has 1 saturated carbocycles. The first-order valence-corrected chi connectivity index (χ1v) is 8.38. The van der Waals surface area contributed by atoms with Crippen molar-refractivity contribution < 1.29 is 24.1 Å². The standard InChI is InChI=1S/C17H28O5/c1-9(2)11-6-7-16(4)13(21-16)8-12(19)17(5)15(22-17)14(11)20-10(3)18/h9,11-15,19H,6-8H2,1-5H3/t11-,12+,13+,14+,15+,16+,17-/m0/s1. The molecule has 0 amide bonds. The molecule has 7 atom stereocenters. The number of hydrogen-bond donors (Lipinski definition) is 1. The predicted molar refractivity (Wildman–Crippen MR) is 80.3 cm³/mol. The third-order valence-electron chi connectivity index (χ3n) is 5.88. The summed E-state index contributed by atoms with van der Waals surface area (Å²) in [6.07, 6.45) is 1.46. The molecule has 0 aromatic carbocycles. The fourth-order valence-electron chi connectivity index (χ4n) is 4.04. The highest BCUT2D eigenvalue weighted by atomic mass is 16.7. The quantitative estimate of drug-likeness (QED) is 0.624. The van der Waals surface area contributed by atoms with Crippen LogP contribution in [0.5, 0.6) is 0 Å². The van der Waals surface area contributed by atoms with Crippen LogP contribution in [0.25, 0.3) is 0 Å². The van der Waals surface area contributed by atoms with E-state index in [1.54, 1.807) is 0 Å². The molecule has 0 radical (unpaired) electrons. The zero-order valence-electron chi connectivity index (χ0n) is 14.2. The van der Waals surface area contributed by atoms with E-state index in [1.807, 2.05) is 6.92 Å². The Bertz CT molecular complexity index is 464. The lowest BCUT2D eigenvalue weighted by atomic mass is 9.77. The summed E-state index contributed by atoms with van der Waals surface area (Å²) in [4.78, 5) is 11.6. The predicted octanol–water partition coefficient (Wildman–Crippen LogP) is 2.05. The van der Waals surface area contributed by atoms with Gasteiger partial charge in [-0.3, -0.25) is 4.79 Å². The van der Waals surface area contributed by atoms with Crippen LogP contribution in [0.3, 0.4) is 0 Å². The fraction of sp³-hybridized carbons (Fsp3) is 0.941. The van der Waals surface area contributed by atoms with Gasteiger partial charge in [0, 0.05) is 19.3 Å². The first-order chi connectivity index (χ1) is 10.2. The summed E-state index contributed by atoms with van der Waals surface area (Å²) >= 11 is 0. The number of carbonyl (C=O) groups excluding carboxylic acids is 1. The molecule has 0 spiro atoms. The molecular weight excluding hydrogens is 284 g/mol. The van der Waals surface area contributed by atoms with Crippen molar-refractivity contribution in [3.63, 3.8) is 0 Å². The Balaban J connectivity index is 1.87. The highest BCUT2D eigenvalue weighted by Crippen LogP contribution is 2.53. The second kappa shape index (κ2) is 5.18. The molecule has 22 heavy (non-hydrogen) atoms. The van der Waals surface area contributed by atoms with Gasteiger partial charge in [0.25, 0.3) is 0 Å². The van der Waals surface area contributed by atoms with Crippen molar-refractivity contribution in [1.29, 1.82) is 0 Å². The summed E-state index contributed by atoms with van der Waals surface area (Å²) in [6, 6.07) is 0. The monoisotopic (exact) mass is 312 g/mol. The molecule has 5 nitrogen and oxygen atoms in total. The van der Waals surface area contributed by atoms with Crippen molar-refractivity contribution >= 4 is 5.97 Å². The highest BCUT2D eigenvalue weighted by molar-refractivity contribution is 5.66. The molecule has 3 rings (SSSR count). The van der Waals surface area contributed by atoms with Crippen molar-refractivity contribution in [2.45, 2.75) is 89.5 Å². The van der Waals surface area contributed by atoms with Gasteiger partial charge < -0.3 is 19.3 Å². The van der Waals surface area contributed by atoms with E-state index in [1.165, 1.54) is 6.92 Å². The van der Waals surface area contributed by atoms with Crippen LogP contribution in [0, 0.1) is 11.8 Å². The number of aliphatic hydroxyl groups excluding tert-OH is 1. The lowest BCUT2D eigenvalue weighted by molar-refractivity contribution is -0.151. The first kappa shape index (κ1) is 16.2. The molecule has 126 valence electrons. The van der Waals surface area contributed by atoms with Gasteiger partial charge >= 0.3 is 5.97 Å². The Kier molecular flexibility index (Phi) is 3.82. The van der Waals surface area contributed by atoms with Gasteiger partial charge in [0.05, 0.1) is 17.8 Å². The Hall–Kier alpha value is -0.650. The molecule has 0 bridgehead atoms. The van der Waals surface area contributed by atoms with Crippen LogP contribution in [-0.2, 0) is 19.0 Å². The van der Waals surface area contributed by atoms with Gasteiger partial charge in [-0.1, -0.05) is 13.8 Å². The maximum Gasteiger partial charge on any atom is 0.303 e. The number of epoxide rings is 2. The lowest BCUT2D eigenvalue weighted by Crippen LogP contribution is -2.42. The third-order valence-corrected chi connectivity index (χ3v) is 5.88. The Labute approximate surface area is 132 Å². The van der Waals surface area contributed by atoms with Crippen LogP contribution < -0.4 is 0 Å². The second-order valence-electron chi connectivity index (χ2n) is 7.91. The third kappa shape index (κ3) is 2.68. The molecule has 1 aliphatic carbocycles. The smallest absolute Gasteiger partial charge is 0.303 e. The zero-order chi connectivity index (χ0) is 16.3. The van der Waals surface area contributed by atoms with Crippen LogP contribution in [0.15, 0.2) is 0 Å². The normalized spacial score (nSPS) is 50.8. The molecule has 2 saturated heterocycles. The van der Waals surface area contributed by atoms with Crippen LogP contribution in [0.2, 0.25) is 0 Å². The van der Waals surface area contributed by atoms with E-state index in [9.17, 15) is 9.90 Å². The Morgan fingerprint density at radius 1 is 1.32 bits per heavy atom. The minimum atomic E-state index is -0.628. The fourth-order valence-corrected chi connectivity index (χ4v) is 4.04. The molecule has 3 fully saturated rings. The topological polar surface area (TPSA) is 71.6 Å². The van der Waals surface area contributed by atoms with Crippen LogP contribution in [0.4, 0.5) is 0 Å². The molecule has 5 heteroatoms. The zero-order valence-corrected chi connectivity index (χ0v) is 14.2. The SMILES string of the molecule is CC(=O)O[C@H]1[C@H]2O[C@@]2(C)[C@H](O)C[C@H]2O[C@]2(C)CC[C@H]1C(C)C. The number of carbonyl (C=O) groups is 1. The van der Waals surface area contributed by atoms with Gasteiger partial charge in [0.15, 0.2) is 0 Å². The van der Waals surface area contributed by atoms with Crippen LogP contribution >= 0.6 is 0 Å². The molecule has 0 aromatic rings. The highest BCUT2D eigenvalue weighted by Gasteiger charge is 2.66. The summed E-state index contributed by atoms with van der Waals surface area (Å²) in [5.41, 5.74) is -0.773. The largest absolute Gasteiger partial charge is 0.459 e. The minimum Gasteiger partial charge on any atom is -0.459 e.